The monoisotopic (exact) mass is 426 g/mol. The molecule has 0 unspecified atom stereocenters. The number of halogens is 3. The lowest BCUT2D eigenvalue weighted by Gasteiger charge is -2.09. The molecule has 152 valence electrons. The van der Waals surface area contributed by atoms with Crippen molar-refractivity contribution >= 4 is 27.5 Å². The normalized spacial score (nSPS) is 11.6. The Kier molecular flexibility index (Phi) is 5.55. The van der Waals surface area contributed by atoms with E-state index in [1.807, 2.05) is 48.5 Å². The summed E-state index contributed by atoms with van der Waals surface area (Å²) >= 11 is 1.44. The van der Waals surface area contributed by atoms with E-state index in [1.165, 1.54) is 17.4 Å². The first kappa shape index (κ1) is 20.1. The number of nitrogens with one attached hydrogen (secondary N) is 1. The Labute approximate surface area is 175 Å². The van der Waals surface area contributed by atoms with Crippen molar-refractivity contribution in [1.82, 2.24) is 10.3 Å². The molecular formula is C23H17F3N2OS. The van der Waals surface area contributed by atoms with Crippen molar-refractivity contribution in [2.24, 2.45) is 0 Å². The number of nitrogens with zero attached hydrogens (tertiary/aromatic N) is 1. The van der Waals surface area contributed by atoms with Crippen LogP contribution >= 0.6 is 11.3 Å². The maximum Gasteiger partial charge on any atom is 0.416 e. The van der Waals surface area contributed by atoms with Crippen molar-refractivity contribution < 1.29 is 18.0 Å². The minimum atomic E-state index is -4.40. The summed E-state index contributed by atoms with van der Waals surface area (Å²) in [6.07, 6.45) is -4.32. The number of aromatic nitrogens is 1. The Morgan fingerprint density at radius 1 is 0.933 bits per heavy atom. The summed E-state index contributed by atoms with van der Waals surface area (Å²) in [6, 6.07) is 20.9. The maximum absolute atomic E-state index is 12.8. The largest absolute Gasteiger partial charge is 0.416 e. The molecule has 0 aliphatic heterocycles. The van der Waals surface area contributed by atoms with Crippen LogP contribution in [0.2, 0.25) is 0 Å². The number of fused-ring (bicyclic) bond motifs is 1. The molecule has 4 rings (SSSR count). The van der Waals surface area contributed by atoms with Gasteiger partial charge in [-0.15, -0.1) is 11.3 Å². The summed E-state index contributed by atoms with van der Waals surface area (Å²) in [4.78, 5) is 16.8. The summed E-state index contributed by atoms with van der Waals surface area (Å²) in [5.74, 6) is -0.283. The first-order valence-corrected chi connectivity index (χ1v) is 10.1. The number of amides is 1. The maximum atomic E-state index is 12.8. The predicted molar refractivity (Wildman–Crippen MR) is 112 cm³/mol. The van der Waals surface area contributed by atoms with Gasteiger partial charge in [-0.2, -0.15) is 13.2 Å². The summed E-state index contributed by atoms with van der Waals surface area (Å²) in [5.41, 5.74) is 2.67. The third-order valence-electron chi connectivity index (χ3n) is 4.60. The molecule has 0 saturated carbocycles. The quantitative estimate of drug-likeness (QED) is 0.436. The lowest BCUT2D eigenvalue weighted by Crippen LogP contribution is -2.24. The molecule has 1 aromatic heterocycles. The van der Waals surface area contributed by atoms with Crippen LogP contribution in [0.25, 0.3) is 21.3 Å². The SMILES string of the molecule is O=C(Cc1nc2ccc(-c3ccccc3)cc2s1)NCc1cccc(C(F)(F)F)c1. The molecule has 0 aliphatic rings. The molecule has 3 nitrogen and oxygen atoms in total. The molecule has 0 bridgehead atoms. The minimum absolute atomic E-state index is 0.0335. The number of benzene rings is 3. The second-order valence-corrected chi connectivity index (χ2v) is 7.92. The fourth-order valence-electron chi connectivity index (χ4n) is 3.12. The van der Waals surface area contributed by atoms with Gasteiger partial charge in [-0.25, -0.2) is 4.98 Å². The van der Waals surface area contributed by atoms with Crippen molar-refractivity contribution in [2.45, 2.75) is 19.1 Å². The molecule has 1 heterocycles. The van der Waals surface area contributed by atoms with E-state index >= 15 is 0 Å². The average Bonchev–Trinajstić information content (AvgIpc) is 3.14. The van der Waals surface area contributed by atoms with E-state index in [0.717, 1.165) is 33.5 Å². The highest BCUT2D eigenvalue weighted by Crippen LogP contribution is 2.30. The van der Waals surface area contributed by atoms with Crippen LogP contribution in [-0.2, 0) is 23.9 Å². The fraction of sp³-hybridized carbons (Fsp3) is 0.130. The standard InChI is InChI=1S/C23H17F3N2OS/c24-23(25,26)18-8-4-5-15(11-18)14-27-21(29)13-22-28-19-10-9-17(12-20(19)30-22)16-6-2-1-3-7-16/h1-12H,13-14H2,(H,27,29). The van der Waals surface area contributed by atoms with Crippen LogP contribution < -0.4 is 5.32 Å². The molecule has 30 heavy (non-hydrogen) atoms. The third-order valence-corrected chi connectivity index (χ3v) is 5.61. The Hall–Kier alpha value is -3.19. The third kappa shape index (κ3) is 4.68. The van der Waals surface area contributed by atoms with E-state index in [9.17, 15) is 18.0 Å². The minimum Gasteiger partial charge on any atom is -0.352 e. The number of thiazole rings is 1. The molecule has 0 radical (unpaired) electrons. The highest BCUT2D eigenvalue weighted by molar-refractivity contribution is 7.18. The lowest BCUT2D eigenvalue weighted by molar-refractivity contribution is -0.137. The van der Waals surface area contributed by atoms with Gasteiger partial charge in [-0.05, 0) is 41.0 Å². The smallest absolute Gasteiger partial charge is 0.352 e. The van der Waals surface area contributed by atoms with Crippen molar-refractivity contribution in [3.8, 4) is 11.1 Å². The van der Waals surface area contributed by atoms with Gasteiger partial charge >= 0.3 is 6.18 Å². The zero-order chi connectivity index (χ0) is 21.1. The molecular weight excluding hydrogens is 409 g/mol. The zero-order valence-electron chi connectivity index (χ0n) is 15.7. The van der Waals surface area contributed by atoms with Gasteiger partial charge in [0.1, 0.15) is 5.01 Å². The molecule has 3 aromatic carbocycles. The molecule has 0 aliphatic carbocycles. The average molecular weight is 426 g/mol. The Bertz CT molecular complexity index is 1190. The molecule has 1 amide bonds. The van der Waals surface area contributed by atoms with E-state index in [-0.39, 0.29) is 18.9 Å². The number of alkyl halides is 3. The van der Waals surface area contributed by atoms with Gasteiger partial charge < -0.3 is 5.32 Å². The van der Waals surface area contributed by atoms with Crippen LogP contribution in [0.15, 0.2) is 72.8 Å². The highest BCUT2D eigenvalue weighted by Gasteiger charge is 2.30. The molecule has 0 spiro atoms. The van der Waals surface area contributed by atoms with Crippen molar-refractivity contribution in [1.29, 1.82) is 0 Å². The van der Waals surface area contributed by atoms with Crippen LogP contribution in [0.1, 0.15) is 16.1 Å². The number of carbonyl (C=O) groups excluding carboxylic acids is 1. The molecule has 4 aromatic rings. The second kappa shape index (κ2) is 8.28. The molecule has 1 N–H and O–H groups in total. The Morgan fingerprint density at radius 3 is 2.50 bits per heavy atom. The summed E-state index contributed by atoms with van der Waals surface area (Å²) in [5, 5.41) is 3.33. The number of carbonyl (C=O) groups is 1. The van der Waals surface area contributed by atoms with Crippen molar-refractivity contribution in [3.63, 3.8) is 0 Å². The summed E-state index contributed by atoms with van der Waals surface area (Å²) < 4.78 is 39.4. The van der Waals surface area contributed by atoms with Gasteiger partial charge in [0.25, 0.3) is 0 Å². The lowest BCUT2D eigenvalue weighted by atomic mass is 10.1. The summed E-state index contributed by atoms with van der Waals surface area (Å²) in [7, 11) is 0. The van der Waals surface area contributed by atoms with E-state index in [0.29, 0.717) is 10.6 Å². The van der Waals surface area contributed by atoms with Gasteiger partial charge in [0.05, 0.1) is 22.2 Å². The van der Waals surface area contributed by atoms with E-state index in [4.69, 9.17) is 0 Å². The molecule has 0 fully saturated rings. The van der Waals surface area contributed by atoms with Crippen molar-refractivity contribution in [3.05, 3.63) is 88.9 Å². The van der Waals surface area contributed by atoms with E-state index in [1.54, 1.807) is 6.07 Å². The van der Waals surface area contributed by atoms with E-state index in [2.05, 4.69) is 10.3 Å². The second-order valence-electron chi connectivity index (χ2n) is 6.81. The van der Waals surface area contributed by atoms with Gasteiger partial charge in [0.2, 0.25) is 5.91 Å². The fourth-order valence-corrected chi connectivity index (χ4v) is 4.12. The van der Waals surface area contributed by atoms with Crippen LogP contribution in [0, 0.1) is 0 Å². The van der Waals surface area contributed by atoms with Gasteiger partial charge in [-0.3, -0.25) is 4.79 Å². The number of hydrogen-bond donors (Lipinski definition) is 1. The first-order chi connectivity index (χ1) is 14.4. The van der Waals surface area contributed by atoms with Crippen LogP contribution in [0.3, 0.4) is 0 Å². The van der Waals surface area contributed by atoms with Gasteiger partial charge in [0, 0.05) is 6.54 Å². The summed E-state index contributed by atoms with van der Waals surface area (Å²) in [6.45, 7) is 0.0335. The number of rotatable bonds is 5. The molecule has 0 saturated heterocycles. The molecule has 7 heteroatoms. The van der Waals surface area contributed by atoms with Crippen LogP contribution in [0.5, 0.6) is 0 Å². The topological polar surface area (TPSA) is 42.0 Å². The van der Waals surface area contributed by atoms with Crippen molar-refractivity contribution in [2.75, 3.05) is 0 Å². The Balaban J connectivity index is 1.42. The zero-order valence-corrected chi connectivity index (χ0v) is 16.6. The van der Waals surface area contributed by atoms with E-state index < -0.39 is 11.7 Å². The van der Waals surface area contributed by atoms with Gasteiger partial charge in [0.15, 0.2) is 0 Å². The number of hydrogen-bond acceptors (Lipinski definition) is 3. The molecule has 0 atom stereocenters. The highest BCUT2D eigenvalue weighted by atomic mass is 32.1. The van der Waals surface area contributed by atoms with Gasteiger partial charge in [-0.1, -0.05) is 48.5 Å². The Morgan fingerprint density at radius 2 is 1.73 bits per heavy atom. The first-order valence-electron chi connectivity index (χ1n) is 9.26. The predicted octanol–water partition coefficient (Wildman–Crippen LogP) is 5.84. The van der Waals surface area contributed by atoms with Crippen LogP contribution in [-0.4, -0.2) is 10.9 Å². The van der Waals surface area contributed by atoms with Crippen LogP contribution in [0.4, 0.5) is 13.2 Å².